The van der Waals surface area contributed by atoms with E-state index in [0.717, 1.165) is 31.3 Å². The third-order valence-electron chi connectivity index (χ3n) is 3.09. The summed E-state index contributed by atoms with van der Waals surface area (Å²) in [6.07, 6.45) is 6.34. The molecule has 0 spiro atoms. The summed E-state index contributed by atoms with van der Waals surface area (Å²) in [5.74, 6) is -2.03. The molecule has 0 aromatic rings. The molecule has 0 saturated heterocycles. The minimum atomic E-state index is -1.15. The van der Waals surface area contributed by atoms with Crippen molar-refractivity contribution in [1.82, 2.24) is 5.32 Å². The standard InChI is InChI=1S/C13H20N2O4/c14-11(16)7-6-10(13(18)19)15-12(17)8-9-4-2-1-3-5-9/h4,10H,1-3,5-8H2,(H2,14,16)(H,15,17)(H,18,19)/t10-/m1/s1. The van der Waals surface area contributed by atoms with Gasteiger partial charge in [0.15, 0.2) is 0 Å². The van der Waals surface area contributed by atoms with Gasteiger partial charge in [-0.3, -0.25) is 9.59 Å². The molecule has 0 unspecified atom stereocenters. The number of nitrogens with two attached hydrogens (primary N) is 1. The van der Waals surface area contributed by atoms with E-state index in [1.165, 1.54) is 0 Å². The van der Waals surface area contributed by atoms with Gasteiger partial charge in [0, 0.05) is 12.8 Å². The Balaban J connectivity index is 2.44. The lowest BCUT2D eigenvalue weighted by atomic mass is 9.97. The van der Waals surface area contributed by atoms with Crippen molar-refractivity contribution in [2.45, 2.75) is 51.0 Å². The van der Waals surface area contributed by atoms with Crippen molar-refractivity contribution in [3.05, 3.63) is 11.6 Å². The van der Waals surface area contributed by atoms with Crippen LogP contribution in [-0.4, -0.2) is 28.9 Å². The predicted octanol–water partition coefficient (Wildman–Crippen LogP) is 0.712. The summed E-state index contributed by atoms with van der Waals surface area (Å²) in [4.78, 5) is 33.3. The van der Waals surface area contributed by atoms with Gasteiger partial charge >= 0.3 is 5.97 Å². The topological polar surface area (TPSA) is 109 Å². The summed E-state index contributed by atoms with van der Waals surface area (Å²) in [7, 11) is 0. The highest BCUT2D eigenvalue weighted by Crippen LogP contribution is 2.19. The molecule has 0 aromatic carbocycles. The van der Waals surface area contributed by atoms with E-state index in [1.54, 1.807) is 0 Å². The van der Waals surface area contributed by atoms with Crippen LogP contribution in [-0.2, 0) is 14.4 Å². The summed E-state index contributed by atoms with van der Waals surface area (Å²) in [6.45, 7) is 0. The molecular weight excluding hydrogens is 248 g/mol. The van der Waals surface area contributed by atoms with Crippen LogP contribution in [0.25, 0.3) is 0 Å². The molecule has 4 N–H and O–H groups in total. The number of amides is 2. The molecule has 0 heterocycles. The Labute approximate surface area is 112 Å². The monoisotopic (exact) mass is 268 g/mol. The van der Waals surface area contributed by atoms with E-state index in [-0.39, 0.29) is 25.2 Å². The molecular formula is C13H20N2O4. The van der Waals surface area contributed by atoms with Crippen LogP contribution in [0.15, 0.2) is 11.6 Å². The molecule has 106 valence electrons. The molecule has 19 heavy (non-hydrogen) atoms. The Morgan fingerprint density at radius 2 is 2.11 bits per heavy atom. The van der Waals surface area contributed by atoms with Crippen molar-refractivity contribution in [2.75, 3.05) is 0 Å². The van der Waals surface area contributed by atoms with Crippen molar-refractivity contribution in [3.8, 4) is 0 Å². The van der Waals surface area contributed by atoms with Crippen molar-refractivity contribution >= 4 is 17.8 Å². The zero-order chi connectivity index (χ0) is 14.3. The first-order valence-corrected chi connectivity index (χ1v) is 6.47. The number of carbonyl (C=O) groups excluding carboxylic acids is 2. The number of hydrogen-bond donors (Lipinski definition) is 3. The Kier molecular flexibility index (Phi) is 6.05. The lowest BCUT2D eigenvalue weighted by Gasteiger charge is -2.16. The van der Waals surface area contributed by atoms with Gasteiger partial charge in [-0.2, -0.15) is 0 Å². The summed E-state index contributed by atoms with van der Waals surface area (Å²) >= 11 is 0. The maximum absolute atomic E-state index is 11.7. The number of nitrogens with one attached hydrogen (secondary N) is 1. The SMILES string of the molecule is NC(=O)CC[C@@H](NC(=O)CC1=CCCCC1)C(=O)O. The van der Waals surface area contributed by atoms with E-state index >= 15 is 0 Å². The molecule has 6 nitrogen and oxygen atoms in total. The van der Waals surface area contributed by atoms with Crippen LogP contribution < -0.4 is 11.1 Å². The summed E-state index contributed by atoms with van der Waals surface area (Å²) < 4.78 is 0. The van der Waals surface area contributed by atoms with E-state index in [4.69, 9.17) is 10.8 Å². The van der Waals surface area contributed by atoms with Crippen molar-refractivity contribution in [1.29, 1.82) is 0 Å². The first kappa shape index (κ1) is 15.2. The Hall–Kier alpha value is -1.85. The second-order valence-corrected chi connectivity index (χ2v) is 4.75. The minimum Gasteiger partial charge on any atom is -0.480 e. The van der Waals surface area contributed by atoms with E-state index < -0.39 is 17.9 Å². The molecule has 0 aromatic heterocycles. The van der Waals surface area contributed by atoms with Gasteiger partial charge in [-0.05, 0) is 32.1 Å². The van der Waals surface area contributed by atoms with Crippen molar-refractivity contribution in [3.63, 3.8) is 0 Å². The van der Waals surface area contributed by atoms with E-state index in [0.29, 0.717) is 0 Å². The maximum Gasteiger partial charge on any atom is 0.326 e. The molecule has 1 aliphatic carbocycles. The molecule has 0 fully saturated rings. The number of aliphatic carboxylic acids is 1. The van der Waals surface area contributed by atoms with Gasteiger partial charge in [0.2, 0.25) is 11.8 Å². The highest BCUT2D eigenvalue weighted by Gasteiger charge is 2.21. The highest BCUT2D eigenvalue weighted by atomic mass is 16.4. The average molecular weight is 268 g/mol. The Morgan fingerprint density at radius 1 is 1.37 bits per heavy atom. The number of carboxylic acids is 1. The fraction of sp³-hybridized carbons (Fsp3) is 0.615. The van der Waals surface area contributed by atoms with E-state index in [9.17, 15) is 14.4 Å². The van der Waals surface area contributed by atoms with Gasteiger partial charge in [-0.1, -0.05) is 11.6 Å². The normalized spacial score (nSPS) is 16.3. The lowest BCUT2D eigenvalue weighted by molar-refractivity contribution is -0.142. The van der Waals surface area contributed by atoms with Gasteiger partial charge in [0.05, 0.1) is 0 Å². The third kappa shape index (κ3) is 6.03. The number of primary amides is 1. The molecule has 0 radical (unpaired) electrons. The molecule has 1 rings (SSSR count). The smallest absolute Gasteiger partial charge is 0.326 e. The quantitative estimate of drug-likeness (QED) is 0.591. The largest absolute Gasteiger partial charge is 0.480 e. The number of allylic oxidation sites excluding steroid dienone is 1. The van der Waals surface area contributed by atoms with Gasteiger partial charge in [-0.25, -0.2) is 4.79 Å². The van der Waals surface area contributed by atoms with Crippen LogP contribution in [0, 0.1) is 0 Å². The zero-order valence-electron chi connectivity index (χ0n) is 10.9. The molecule has 6 heteroatoms. The highest BCUT2D eigenvalue weighted by molar-refractivity contribution is 5.85. The first-order chi connectivity index (χ1) is 8.99. The van der Waals surface area contributed by atoms with Gasteiger partial charge in [0.25, 0.3) is 0 Å². The zero-order valence-corrected chi connectivity index (χ0v) is 10.9. The summed E-state index contributed by atoms with van der Waals surface area (Å²) in [5, 5.41) is 11.4. The predicted molar refractivity (Wildman–Crippen MR) is 69.2 cm³/mol. The molecule has 0 saturated carbocycles. The lowest BCUT2D eigenvalue weighted by Crippen LogP contribution is -2.41. The Bertz CT molecular complexity index is 390. The number of hydrogen-bond acceptors (Lipinski definition) is 3. The summed E-state index contributed by atoms with van der Waals surface area (Å²) in [5.41, 5.74) is 6.03. The number of carbonyl (C=O) groups is 3. The first-order valence-electron chi connectivity index (χ1n) is 6.47. The van der Waals surface area contributed by atoms with Crippen LogP contribution in [0.4, 0.5) is 0 Å². The van der Waals surface area contributed by atoms with Crippen LogP contribution in [0.5, 0.6) is 0 Å². The second-order valence-electron chi connectivity index (χ2n) is 4.75. The number of carboxylic acid groups (broad SMARTS) is 1. The number of rotatable bonds is 7. The molecule has 0 aliphatic heterocycles. The van der Waals surface area contributed by atoms with Gasteiger partial charge in [-0.15, -0.1) is 0 Å². The Morgan fingerprint density at radius 3 is 2.63 bits per heavy atom. The minimum absolute atomic E-state index is 0.0233. The molecule has 0 bridgehead atoms. The van der Waals surface area contributed by atoms with Crippen LogP contribution in [0.3, 0.4) is 0 Å². The average Bonchev–Trinajstić information content (AvgIpc) is 2.35. The van der Waals surface area contributed by atoms with E-state index in [1.807, 2.05) is 6.08 Å². The summed E-state index contributed by atoms with van der Waals surface area (Å²) in [6, 6.07) is -1.05. The molecule has 1 aliphatic rings. The molecule has 2 amide bonds. The third-order valence-corrected chi connectivity index (χ3v) is 3.09. The van der Waals surface area contributed by atoms with Gasteiger partial charge < -0.3 is 16.2 Å². The fourth-order valence-electron chi connectivity index (χ4n) is 2.06. The van der Waals surface area contributed by atoms with Crippen molar-refractivity contribution in [2.24, 2.45) is 5.73 Å². The van der Waals surface area contributed by atoms with Crippen LogP contribution in [0.1, 0.15) is 44.9 Å². The molecule has 1 atom stereocenters. The fourth-order valence-corrected chi connectivity index (χ4v) is 2.06. The van der Waals surface area contributed by atoms with Crippen molar-refractivity contribution < 1.29 is 19.5 Å². The maximum atomic E-state index is 11.7. The van der Waals surface area contributed by atoms with Crippen LogP contribution >= 0.6 is 0 Å². The van der Waals surface area contributed by atoms with Gasteiger partial charge in [0.1, 0.15) is 6.04 Å². The van der Waals surface area contributed by atoms with E-state index in [2.05, 4.69) is 5.32 Å². The second kappa shape index (κ2) is 7.56. The van der Waals surface area contributed by atoms with Crippen LogP contribution in [0.2, 0.25) is 0 Å².